The van der Waals surface area contributed by atoms with Crippen molar-refractivity contribution in [1.82, 2.24) is 0 Å². The van der Waals surface area contributed by atoms with E-state index in [2.05, 4.69) is 10.6 Å². The highest BCUT2D eigenvalue weighted by atomic mass is 16.5. The normalized spacial score (nSPS) is 10.2. The molecule has 8 nitrogen and oxygen atoms in total. The number of benzene rings is 3. The Kier molecular flexibility index (Phi) is 8.13. The lowest BCUT2D eigenvalue weighted by molar-refractivity contribution is -0.118. The summed E-state index contributed by atoms with van der Waals surface area (Å²) in [6.45, 7) is 2.26. The molecule has 0 aliphatic rings. The average Bonchev–Trinajstić information content (AvgIpc) is 2.84. The van der Waals surface area contributed by atoms with Crippen molar-refractivity contribution < 1.29 is 28.5 Å². The van der Waals surface area contributed by atoms with Gasteiger partial charge in [-0.1, -0.05) is 0 Å². The Morgan fingerprint density at radius 1 is 0.727 bits per heavy atom. The van der Waals surface area contributed by atoms with E-state index >= 15 is 0 Å². The summed E-state index contributed by atoms with van der Waals surface area (Å²) in [7, 11) is 3.04. The first-order chi connectivity index (χ1) is 16.0. The van der Waals surface area contributed by atoms with E-state index in [9.17, 15) is 9.59 Å². The van der Waals surface area contributed by atoms with Gasteiger partial charge in [0, 0.05) is 16.9 Å². The summed E-state index contributed by atoms with van der Waals surface area (Å²) >= 11 is 0. The SMILES string of the molecule is CCOc1ccc(NC(=O)c2ccc(OCC(=O)Nc3ccc(OC)cc3)c(OC)c2)cc1. The van der Waals surface area contributed by atoms with Gasteiger partial charge in [-0.3, -0.25) is 9.59 Å². The lowest BCUT2D eigenvalue weighted by Gasteiger charge is -2.13. The summed E-state index contributed by atoms with van der Waals surface area (Å²) in [6.07, 6.45) is 0. The highest BCUT2D eigenvalue weighted by Crippen LogP contribution is 2.28. The van der Waals surface area contributed by atoms with Gasteiger partial charge in [0.05, 0.1) is 20.8 Å². The molecule has 0 bridgehead atoms. The van der Waals surface area contributed by atoms with Gasteiger partial charge in [0.2, 0.25) is 0 Å². The maximum Gasteiger partial charge on any atom is 0.262 e. The first kappa shape index (κ1) is 23.5. The summed E-state index contributed by atoms with van der Waals surface area (Å²) < 4.78 is 21.4. The van der Waals surface area contributed by atoms with Crippen LogP contribution in [0.25, 0.3) is 0 Å². The van der Waals surface area contributed by atoms with Gasteiger partial charge in [0.1, 0.15) is 11.5 Å². The fourth-order valence-electron chi connectivity index (χ4n) is 2.95. The van der Waals surface area contributed by atoms with Crippen molar-refractivity contribution in [3.63, 3.8) is 0 Å². The number of hydrogen-bond acceptors (Lipinski definition) is 6. The summed E-state index contributed by atoms with van der Waals surface area (Å²) in [6, 6.07) is 18.8. The molecule has 0 aromatic heterocycles. The molecule has 3 aromatic rings. The van der Waals surface area contributed by atoms with E-state index in [1.165, 1.54) is 7.11 Å². The molecule has 2 N–H and O–H groups in total. The molecule has 172 valence electrons. The Morgan fingerprint density at radius 2 is 1.36 bits per heavy atom. The number of carbonyl (C=O) groups excluding carboxylic acids is 2. The second-order valence-corrected chi connectivity index (χ2v) is 6.84. The van der Waals surface area contributed by atoms with Crippen LogP contribution in [0, 0.1) is 0 Å². The van der Waals surface area contributed by atoms with Gasteiger partial charge in [-0.25, -0.2) is 0 Å². The summed E-state index contributed by atoms with van der Waals surface area (Å²) in [4.78, 5) is 24.8. The molecule has 0 heterocycles. The predicted molar refractivity (Wildman–Crippen MR) is 126 cm³/mol. The van der Waals surface area contributed by atoms with Crippen LogP contribution in [0.5, 0.6) is 23.0 Å². The third-order valence-corrected chi connectivity index (χ3v) is 4.58. The fraction of sp³-hybridized carbons (Fsp3) is 0.200. The van der Waals surface area contributed by atoms with Crippen LogP contribution >= 0.6 is 0 Å². The number of anilines is 2. The Labute approximate surface area is 192 Å². The Bertz CT molecular complexity index is 1080. The van der Waals surface area contributed by atoms with Gasteiger partial charge in [-0.15, -0.1) is 0 Å². The number of rotatable bonds is 10. The summed E-state index contributed by atoms with van der Waals surface area (Å²) in [5.74, 6) is 1.47. The van der Waals surface area contributed by atoms with Gasteiger partial charge in [-0.05, 0) is 73.7 Å². The number of hydrogen-bond donors (Lipinski definition) is 2. The molecule has 0 atom stereocenters. The number of methoxy groups -OCH3 is 2. The fourth-order valence-corrected chi connectivity index (χ4v) is 2.95. The second kappa shape index (κ2) is 11.4. The van der Waals surface area contributed by atoms with Crippen molar-refractivity contribution in [3.8, 4) is 23.0 Å². The molecule has 0 aliphatic carbocycles. The molecule has 33 heavy (non-hydrogen) atoms. The minimum absolute atomic E-state index is 0.222. The molecule has 0 aliphatic heterocycles. The van der Waals surface area contributed by atoms with E-state index in [0.29, 0.717) is 40.8 Å². The average molecular weight is 450 g/mol. The van der Waals surface area contributed by atoms with E-state index < -0.39 is 0 Å². The molecule has 0 unspecified atom stereocenters. The standard InChI is InChI=1S/C25H26N2O6/c1-4-32-21-12-8-19(9-13-21)27-25(29)17-5-14-22(23(15-17)31-3)33-16-24(28)26-18-6-10-20(30-2)11-7-18/h5-15H,4,16H2,1-3H3,(H,26,28)(H,27,29). The number of ether oxygens (including phenoxy) is 4. The van der Waals surface area contributed by atoms with Crippen LogP contribution < -0.4 is 29.6 Å². The third-order valence-electron chi connectivity index (χ3n) is 4.58. The molecule has 3 aromatic carbocycles. The molecule has 0 fully saturated rings. The van der Waals surface area contributed by atoms with Crippen molar-refractivity contribution >= 4 is 23.2 Å². The zero-order valence-electron chi connectivity index (χ0n) is 18.7. The zero-order valence-corrected chi connectivity index (χ0v) is 18.7. The van der Waals surface area contributed by atoms with E-state index in [4.69, 9.17) is 18.9 Å². The van der Waals surface area contributed by atoms with Crippen molar-refractivity contribution in [2.24, 2.45) is 0 Å². The molecule has 0 spiro atoms. The third kappa shape index (κ3) is 6.64. The lowest BCUT2D eigenvalue weighted by Crippen LogP contribution is -2.20. The van der Waals surface area contributed by atoms with Crippen LogP contribution in [-0.2, 0) is 4.79 Å². The highest BCUT2D eigenvalue weighted by molar-refractivity contribution is 6.04. The molecular weight excluding hydrogens is 424 g/mol. The van der Waals surface area contributed by atoms with Crippen LogP contribution in [0.4, 0.5) is 11.4 Å². The van der Waals surface area contributed by atoms with E-state index in [1.54, 1.807) is 73.8 Å². The number of amides is 2. The van der Waals surface area contributed by atoms with Crippen LogP contribution in [0.1, 0.15) is 17.3 Å². The smallest absolute Gasteiger partial charge is 0.262 e. The van der Waals surface area contributed by atoms with Crippen LogP contribution in [0.3, 0.4) is 0 Å². The van der Waals surface area contributed by atoms with Crippen molar-refractivity contribution in [1.29, 1.82) is 0 Å². The molecule has 8 heteroatoms. The summed E-state index contributed by atoms with van der Waals surface area (Å²) in [5.41, 5.74) is 1.64. The lowest BCUT2D eigenvalue weighted by atomic mass is 10.2. The van der Waals surface area contributed by atoms with Crippen LogP contribution in [0.15, 0.2) is 66.7 Å². The van der Waals surface area contributed by atoms with Gasteiger partial charge in [-0.2, -0.15) is 0 Å². The van der Waals surface area contributed by atoms with Gasteiger partial charge in [0.15, 0.2) is 18.1 Å². The van der Waals surface area contributed by atoms with Crippen molar-refractivity contribution in [2.75, 3.05) is 38.1 Å². The Balaban J connectivity index is 1.58. The minimum Gasteiger partial charge on any atom is -0.497 e. The first-order valence-corrected chi connectivity index (χ1v) is 10.3. The van der Waals surface area contributed by atoms with Crippen LogP contribution in [0.2, 0.25) is 0 Å². The quantitative estimate of drug-likeness (QED) is 0.476. The Hall–Kier alpha value is -4.20. The second-order valence-electron chi connectivity index (χ2n) is 6.84. The van der Waals surface area contributed by atoms with E-state index in [1.807, 2.05) is 6.92 Å². The van der Waals surface area contributed by atoms with Crippen LogP contribution in [-0.4, -0.2) is 39.2 Å². The topological polar surface area (TPSA) is 95.1 Å². The largest absolute Gasteiger partial charge is 0.497 e. The molecule has 0 saturated heterocycles. The molecular formula is C25H26N2O6. The molecule has 2 amide bonds. The predicted octanol–water partition coefficient (Wildman–Crippen LogP) is 4.37. The number of nitrogens with one attached hydrogen (secondary N) is 2. The monoisotopic (exact) mass is 450 g/mol. The maximum atomic E-state index is 12.6. The zero-order chi connectivity index (χ0) is 23.6. The van der Waals surface area contributed by atoms with Crippen molar-refractivity contribution in [3.05, 3.63) is 72.3 Å². The number of carbonyl (C=O) groups is 2. The Morgan fingerprint density at radius 3 is 1.97 bits per heavy atom. The molecule has 0 radical (unpaired) electrons. The van der Waals surface area contributed by atoms with Gasteiger partial charge >= 0.3 is 0 Å². The van der Waals surface area contributed by atoms with E-state index in [0.717, 1.165) is 5.75 Å². The highest BCUT2D eigenvalue weighted by Gasteiger charge is 2.13. The van der Waals surface area contributed by atoms with Gasteiger partial charge in [0.25, 0.3) is 11.8 Å². The summed E-state index contributed by atoms with van der Waals surface area (Å²) in [5, 5.41) is 5.56. The van der Waals surface area contributed by atoms with Gasteiger partial charge < -0.3 is 29.6 Å². The molecule has 3 rings (SSSR count). The first-order valence-electron chi connectivity index (χ1n) is 10.3. The minimum atomic E-state index is -0.334. The van der Waals surface area contributed by atoms with E-state index in [-0.39, 0.29) is 18.4 Å². The van der Waals surface area contributed by atoms with Crippen molar-refractivity contribution in [2.45, 2.75) is 6.92 Å². The molecule has 0 saturated carbocycles. The maximum absolute atomic E-state index is 12.6.